The van der Waals surface area contributed by atoms with Crippen LogP contribution in [-0.4, -0.2) is 3.21 Å². The van der Waals surface area contributed by atoms with Crippen molar-refractivity contribution in [2.75, 3.05) is 0 Å². The predicted octanol–water partition coefficient (Wildman–Crippen LogP) is 4.53. The van der Waals surface area contributed by atoms with Crippen molar-refractivity contribution in [1.82, 2.24) is 0 Å². The Hall–Kier alpha value is -4.65. The zero-order valence-corrected chi connectivity index (χ0v) is 34.3. The number of halogens is 2. The van der Waals surface area contributed by atoms with E-state index in [9.17, 15) is 0 Å². The summed E-state index contributed by atoms with van der Waals surface area (Å²) in [4.78, 5) is 0. The number of rotatable bonds is 6. The molecule has 0 saturated carbocycles. The molecule has 54 heavy (non-hydrogen) atoms. The van der Waals surface area contributed by atoms with Gasteiger partial charge in [-0.25, -0.2) is 0 Å². The molecule has 1 atom stereocenters. The summed E-state index contributed by atoms with van der Waals surface area (Å²) < 4.78 is 1.42. The molecule has 0 nitrogen and oxygen atoms in total. The first-order chi connectivity index (χ1) is 25.5. The van der Waals surface area contributed by atoms with Crippen LogP contribution in [0.5, 0.6) is 0 Å². The minimum absolute atomic E-state index is 0. The summed E-state index contributed by atoms with van der Waals surface area (Å²) in [7, 11) is 0. The molecule has 3 aliphatic rings. The Labute approximate surface area is 346 Å². The molecule has 6 aromatic rings. The van der Waals surface area contributed by atoms with Crippen molar-refractivity contribution in [3.63, 3.8) is 0 Å². The van der Waals surface area contributed by atoms with Gasteiger partial charge in [-0.1, -0.05) is 151 Å². The topological polar surface area (TPSA) is 0 Å². The number of hydrogen-bond donors (Lipinski definition) is 0. The van der Waals surface area contributed by atoms with Crippen molar-refractivity contribution in [1.29, 1.82) is 0 Å². The van der Waals surface area contributed by atoms with E-state index in [2.05, 4.69) is 208 Å². The van der Waals surface area contributed by atoms with Gasteiger partial charge in [0, 0.05) is 5.41 Å². The first kappa shape index (κ1) is 39.1. The van der Waals surface area contributed by atoms with Crippen LogP contribution in [0.15, 0.2) is 205 Å². The van der Waals surface area contributed by atoms with Gasteiger partial charge in [0.15, 0.2) is 0 Å². The van der Waals surface area contributed by atoms with E-state index in [0.29, 0.717) is 0 Å². The molecule has 0 saturated heterocycles. The summed E-state index contributed by atoms with van der Waals surface area (Å²) in [5.74, 6) is 0. The summed E-state index contributed by atoms with van der Waals surface area (Å²) in [6.45, 7) is 4.60. The molecule has 262 valence electrons. The van der Waals surface area contributed by atoms with Crippen molar-refractivity contribution < 1.29 is 49.0 Å². The van der Waals surface area contributed by atoms with Crippen LogP contribution in [0.2, 0.25) is 0 Å². The molecule has 9 rings (SSSR count). The van der Waals surface area contributed by atoms with Crippen molar-refractivity contribution >= 4 is 20.4 Å². The molecule has 0 spiro atoms. The van der Waals surface area contributed by atoms with Crippen LogP contribution in [0, 0.1) is 6.92 Å². The van der Waals surface area contributed by atoms with E-state index in [1.54, 1.807) is 0 Å². The van der Waals surface area contributed by atoms with E-state index in [1.165, 1.54) is 105 Å². The van der Waals surface area contributed by atoms with Crippen LogP contribution >= 0.6 is 0 Å². The van der Waals surface area contributed by atoms with Gasteiger partial charge in [-0.3, -0.25) is 0 Å². The van der Waals surface area contributed by atoms with Crippen molar-refractivity contribution in [2.24, 2.45) is 0 Å². The fraction of sp³-hybridized carbons (Fsp3) is 0.0784. The van der Waals surface area contributed by atoms with Gasteiger partial charge in [-0.15, -0.1) is 33.7 Å². The molecule has 0 N–H and O–H groups in total. The second-order valence-electron chi connectivity index (χ2n) is 13.7. The Morgan fingerprint density at radius 3 is 1.70 bits per heavy atom. The normalized spacial score (nSPS) is 16.3. The van der Waals surface area contributed by atoms with Crippen LogP contribution in [0.1, 0.15) is 41.2 Å². The van der Waals surface area contributed by atoms with Gasteiger partial charge in [0.05, 0.1) is 0 Å². The Balaban J connectivity index is 0.000000263. The third-order valence-electron chi connectivity index (χ3n) is 10.4. The molecule has 0 fully saturated rings. The van der Waals surface area contributed by atoms with Crippen molar-refractivity contribution in [3.8, 4) is 11.1 Å². The van der Waals surface area contributed by atoms with E-state index in [-0.39, 0.29) is 30.2 Å². The van der Waals surface area contributed by atoms with Gasteiger partial charge in [0.25, 0.3) is 0 Å². The van der Waals surface area contributed by atoms with Gasteiger partial charge in [0.2, 0.25) is 0 Å². The van der Waals surface area contributed by atoms with E-state index < -0.39 is 0 Å². The van der Waals surface area contributed by atoms with Gasteiger partial charge in [-0.05, 0) is 35.6 Å². The summed E-state index contributed by atoms with van der Waals surface area (Å²) >= 11 is 1.46. The number of hydrogen-bond acceptors (Lipinski definition) is 0. The summed E-state index contributed by atoms with van der Waals surface area (Å²) in [6.07, 6.45) is 14.1. The van der Waals surface area contributed by atoms with Gasteiger partial charge < -0.3 is 24.8 Å². The molecule has 0 amide bonds. The van der Waals surface area contributed by atoms with E-state index >= 15 is 0 Å². The fourth-order valence-corrected chi connectivity index (χ4v) is 8.73. The predicted molar refractivity (Wildman–Crippen MR) is 216 cm³/mol. The Morgan fingerprint density at radius 1 is 0.648 bits per heavy atom. The average Bonchev–Trinajstić information content (AvgIpc) is 3.87. The third kappa shape index (κ3) is 7.52. The molecule has 1 unspecified atom stereocenters. The van der Waals surface area contributed by atoms with Crippen molar-refractivity contribution in [2.45, 2.75) is 25.7 Å². The van der Waals surface area contributed by atoms with E-state index in [4.69, 9.17) is 0 Å². The molecule has 0 heterocycles. The Bertz CT molecular complexity index is 2490. The van der Waals surface area contributed by atoms with E-state index in [1.807, 2.05) is 0 Å². The first-order valence-corrected chi connectivity index (χ1v) is 19.2. The number of benzene rings is 6. The molecule has 3 aliphatic carbocycles. The monoisotopic (exact) mass is 811 g/mol. The average molecular weight is 814 g/mol. The number of allylic oxidation sites excluding steroid dienone is 8. The molecule has 0 aromatic heterocycles. The van der Waals surface area contributed by atoms with Crippen LogP contribution < -0.4 is 35.3 Å². The maximum atomic E-state index is 3.94. The van der Waals surface area contributed by atoms with Crippen LogP contribution in [0.3, 0.4) is 0 Å². The molecule has 0 bridgehead atoms. The Morgan fingerprint density at radius 2 is 1.17 bits per heavy atom. The number of fused-ring (bicyclic) bond motifs is 2. The minimum atomic E-state index is -0.323. The van der Waals surface area contributed by atoms with Crippen LogP contribution in [0.4, 0.5) is 0 Å². The standard InChI is InChI=1S/C38H29.C13H10.2ClH.Zr/c1-26-22-30-24-34-33(36(30)32(23-26)27-14-6-3-7-15-27)25-35(28-16-8-4-9-17-28)38(2,31-20-10-5-11-21-31)37(34)29-18-12-13-19-29;1-3-7-12(8-4-1)11-13-9-5-2-6-10-13;;;/h3-18,20-23,25H,19H2,1-2H3;1-10H;2*1H;/q-1;;;;+2/p-2. The molecular formula is C51H39Cl2Zr-. The summed E-state index contributed by atoms with van der Waals surface area (Å²) in [5, 5.41) is 2.49. The summed E-state index contributed by atoms with van der Waals surface area (Å²) in [5.41, 5.74) is 15.3. The Kier molecular flexibility index (Phi) is 12.5. The third-order valence-corrected chi connectivity index (χ3v) is 11.8. The summed E-state index contributed by atoms with van der Waals surface area (Å²) in [6, 6.07) is 58.5. The second kappa shape index (κ2) is 17.2. The molecule has 0 radical (unpaired) electrons. The van der Waals surface area contributed by atoms with Gasteiger partial charge in [-0.2, -0.15) is 0 Å². The molecule has 3 heteroatoms. The molecule has 0 aliphatic heterocycles. The maximum absolute atomic E-state index is 3.94. The van der Waals surface area contributed by atoms with Crippen LogP contribution in [-0.2, 0) is 29.7 Å². The molecular weight excluding hydrogens is 775 g/mol. The second-order valence-corrected chi connectivity index (χ2v) is 15.0. The first-order valence-electron chi connectivity index (χ1n) is 18.0. The van der Waals surface area contributed by atoms with E-state index in [0.717, 1.165) is 6.42 Å². The molecule has 6 aromatic carbocycles. The zero-order chi connectivity index (χ0) is 35.5. The number of aryl methyl sites for hydroxylation is 1. The van der Waals surface area contributed by atoms with Gasteiger partial charge >= 0.3 is 99.2 Å². The van der Waals surface area contributed by atoms with Gasteiger partial charge in [0.1, 0.15) is 0 Å². The van der Waals surface area contributed by atoms with Crippen molar-refractivity contribution in [3.05, 3.63) is 243 Å². The quantitative estimate of drug-likeness (QED) is 0.217. The fourth-order valence-electron chi connectivity index (χ4n) is 7.91. The zero-order valence-electron chi connectivity index (χ0n) is 30.4. The van der Waals surface area contributed by atoms with Crippen LogP contribution in [0.25, 0.3) is 28.3 Å². The SMILES string of the molecule is Cc1cc(-c2ccccc2)c2c(c1)=[C-]C1=C(C3=CC=CC3)C(C)(c3ccccc3)C(c3ccccc3)=CC=21.[Cl-].[Cl-].[Zr+2]=[C](c1ccccc1)c1ccccc1.